The van der Waals surface area contributed by atoms with Crippen LogP contribution < -0.4 is 27.0 Å². The lowest BCUT2D eigenvalue weighted by molar-refractivity contribution is -0.143. The zero-order valence-electron chi connectivity index (χ0n) is 17.7. The average molecular weight is 428 g/mol. The topological polar surface area (TPSA) is 180 Å². The molecule has 0 radical (unpaired) electrons. The number of hydrogen-bond acceptors (Lipinski definition) is 6. The molecule has 7 N–H and O–H groups in total. The van der Waals surface area contributed by atoms with E-state index < -0.39 is 41.8 Å². The Balaban J connectivity index is 2.75. The van der Waals surface area contributed by atoms with Gasteiger partial charge in [-0.2, -0.15) is 0 Å². The molecular weight excluding hydrogens is 394 g/mol. The van der Waals surface area contributed by atoms with Crippen LogP contribution in [0, 0.1) is 5.92 Å². The van der Waals surface area contributed by atoms with Gasteiger partial charge in [-0.05, 0) is 38.6 Å². The smallest absolute Gasteiger partial charge is 0.326 e. The van der Waals surface area contributed by atoms with Crippen molar-refractivity contribution < 1.29 is 29.1 Å². The van der Waals surface area contributed by atoms with Crippen molar-refractivity contribution in [1.29, 1.82) is 0 Å². The Morgan fingerprint density at radius 3 is 2.27 bits per heavy atom. The van der Waals surface area contributed by atoms with Gasteiger partial charge in [-0.1, -0.05) is 20.3 Å². The van der Waals surface area contributed by atoms with E-state index in [-0.39, 0.29) is 30.7 Å². The van der Waals surface area contributed by atoms with Crippen LogP contribution in [0.3, 0.4) is 0 Å². The molecule has 1 heterocycles. The van der Waals surface area contributed by atoms with Crippen molar-refractivity contribution in [3.8, 4) is 0 Å². The average Bonchev–Trinajstić information content (AvgIpc) is 3.22. The van der Waals surface area contributed by atoms with Crippen molar-refractivity contribution in [3.05, 3.63) is 0 Å². The third-order valence-corrected chi connectivity index (χ3v) is 5.22. The summed E-state index contributed by atoms with van der Waals surface area (Å²) >= 11 is 0. The summed E-state index contributed by atoms with van der Waals surface area (Å²) in [6, 6.07) is -3.51. The maximum Gasteiger partial charge on any atom is 0.326 e. The highest BCUT2D eigenvalue weighted by atomic mass is 16.4. The van der Waals surface area contributed by atoms with Gasteiger partial charge in [0.2, 0.25) is 23.6 Å². The molecule has 0 spiro atoms. The molecule has 0 bridgehead atoms. The molecular formula is C19H33N5O6. The van der Waals surface area contributed by atoms with E-state index in [4.69, 9.17) is 5.73 Å². The monoisotopic (exact) mass is 427 g/mol. The molecule has 30 heavy (non-hydrogen) atoms. The molecule has 1 rings (SSSR count). The van der Waals surface area contributed by atoms with E-state index >= 15 is 0 Å². The highest BCUT2D eigenvalue weighted by Gasteiger charge is 2.32. The van der Waals surface area contributed by atoms with Crippen LogP contribution in [-0.2, 0) is 24.0 Å². The minimum absolute atomic E-state index is 0.154. The van der Waals surface area contributed by atoms with E-state index in [0.29, 0.717) is 12.8 Å². The molecule has 170 valence electrons. The summed E-state index contributed by atoms with van der Waals surface area (Å²) in [6.07, 6.45) is 1.77. The molecule has 11 nitrogen and oxygen atoms in total. The fourth-order valence-electron chi connectivity index (χ4n) is 3.07. The van der Waals surface area contributed by atoms with Gasteiger partial charge in [-0.3, -0.25) is 19.2 Å². The largest absolute Gasteiger partial charge is 0.480 e. The Labute approximate surface area is 175 Å². The molecule has 5 atom stereocenters. The lowest BCUT2D eigenvalue weighted by atomic mass is 9.97. The molecule has 5 unspecified atom stereocenters. The normalized spacial score (nSPS) is 19.8. The number of carbonyl (C=O) groups is 5. The first-order valence-electron chi connectivity index (χ1n) is 10.2. The SMILES string of the molecule is CCC(C)C(NC(=O)C(C)NC(=O)C1CCCN1)C(=O)NC(CCC(N)=O)C(=O)O. The van der Waals surface area contributed by atoms with Crippen LogP contribution in [0.4, 0.5) is 0 Å². The van der Waals surface area contributed by atoms with Gasteiger partial charge >= 0.3 is 5.97 Å². The third kappa shape index (κ3) is 7.97. The van der Waals surface area contributed by atoms with Gasteiger partial charge in [-0.15, -0.1) is 0 Å². The van der Waals surface area contributed by atoms with Crippen molar-refractivity contribution in [2.75, 3.05) is 6.54 Å². The van der Waals surface area contributed by atoms with E-state index in [1.807, 2.05) is 6.92 Å². The number of aliphatic carboxylic acids is 1. The second-order valence-electron chi connectivity index (χ2n) is 7.66. The van der Waals surface area contributed by atoms with E-state index in [1.54, 1.807) is 6.92 Å². The maximum absolute atomic E-state index is 12.7. The van der Waals surface area contributed by atoms with E-state index in [0.717, 1.165) is 13.0 Å². The highest BCUT2D eigenvalue weighted by molar-refractivity contribution is 5.94. The van der Waals surface area contributed by atoms with E-state index in [1.165, 1.54) is 6.92 Å². The summed E-state index contributed by atoms with van der Waals surface area (Å²) in [5, 5.41) is 19.9. The van der Waals surface area contributed by atoms with Crippen molar-refractivity contribution in [2.45, 2.75) is 77.0 Å². The first-order chi connectivity index (χ1) is 14.1. The minimum atomic E-state index is -1.31. The van der Waals surface area contributed by atoms with Gasteiger partial charge in [0.15, 0.2) is 0 Å². The Morgan fingerprint density at radius 1 is 1.10 bits per heavy atom. The van der Waals surface area contributed by atoms with Crippen LogP contribution >= 0.6 is 0 Å². The maximum atomic E-state index is 12.7. The van der Waals surface area contributed by atoms with Crippen molar-refractivity contribution >= 4 is 29.6 Å². The standard InChI is InChI=1S/C19H33N5O6/c1-4-10(2)15(18(28)23-13(19(29)30)7-8-14(20)25)24-16(26)11(3)22-17(27)12-6-5-9-21-12/h10-13,15,21H,4-9H2,1-3H3,(H2,20,25)(H,22,27)(H,23,28)(H,24,26)(H,29,30). The molecule has 1 saturated heterocycles. The molecule has 0 aromatic heterocycles. The number of nitrogens with one attached hydrogen (secondary N) is 4. The highest BCUT2D eigenvalue weighted by Crippen LogP contribution is 2.10. The number of amides is 4. The Bertz CT molecular complexity index is 649. The molecule has 0 aromatic rings. The van der Waals surface area contributed by atoms with Crippen molar-refractivity contribution in [1.82, 2.24) is 21.3 Å². The fraction of sp³-hybridized carbons (Fsp3) is 0.737. The summed E-state index contributed by atoms with van der Waals surface area (Å²) in [5.74, 6) is -3.78. The first kappa shape index (κ1) is 25.3. The number of rotatable bonds is 12. The molecule has 0 aromatic carbocycles. The van der Waals surface area contributed by atoms with E-state index in [2.05, 4.69) is 21.3 Å². The Morgan fingerprint density at radius 2 is 1.77 bits per heavy atom. The van der Waals surface area contributed by atoms with Gasteiger partial charge in [0, 0.05) is 6.42 Å². The van der Waals surface area contributed by atoms with Gasteiger partial charge < -0.3 is 32.1 Å². The zero-order valence-corrected chi connectivity index (χ0v) is 17.7. The van der Waals surface area contributed by atoms with Gasteiger partial charge in [0.25, 0.3) is 0 Å². The summed E-state index contributed by atoms with van der Waals surface area (Å²) in [4.78, 5) is 59.7. The lowest BCUT2D eigenvalue weighted by Gasteiger charge is -2.27. The van der Waals surface area contributed by atoms with Crippen molar-refractivity contribution in [3.63, 3.8) is 0 Å². The molecule has 0 saturated carbocycles. The second kappa shape index (κ2) is 12.1. The van der Waals surface area contributed by atoms with E-state index in [9.17, 15) is 29.1 Å². The summed E-state index contributed by atoms with van der Waals surface area (Å²) in [7, 11) is 0. The van der Waals surface area contributed by atoms with Crippen LogP contribution in [0.25, 0.3) is 0 Å². The van der Waals surface area contributed by atoms with Crippen LogP contribution in [0.2, 0.25) is 0 Å². The van der Waals surface area contributed by atoms with Crippen molar-refractivity contribution in [2.24, 2.45) is 11.7 Å². The minimum Gasteiger partial charge on any atom is -0.480 e. The quantitative estimate of drug-likeness (QED) is 0.222. The molecule has 1 aliphatic rings. The predicted molar refractivity (Wildman–Crippen MR) is 108 cm³/mol. The van der Waals surface area contributed by atoms with Gasteiger partial charge in [-0.25, -0.2) is 4.79 Å². The molecule has 0 aliphatic carbocycles. The first-order valence-corrected chi connectivity index (χ1v) is 10.2. The van der Waals surface area contributed by atoms with Crippen LogP contribution in [0.5, 0.6) is 0 Å². The number of carbonyl (C=O) groups excluding carboxylic acids is 4. The Kier molecular flexibility index (Phi) is 10.2. The molecule has 11 heteroatoms. The fourth-order valence-corrected chi connectivity index (χ4v) is 3.07. The van der Waals surface area contributed by atoms with Crippen LogP contribution in [0.15, 0.2) is 0 Å². The molecule has 4 amide bonds. The number of primary amides is 1. The van der Waals surface area contributed by atoms with Gasteiger partial charge in [0.1, 0.15) is 18.1 Å². The van der Waals surface area contributed by atoms with Crippen LogP contribution in [-0.4, -0.2) is 65.4 Å². The summed E-state index contributed by atoms with van der Waals surface area (Å²) in [6.45, 7) is 5.83. The Hall–Kier alpha value is -2.69. The van der Waals surface area contributed by atoms with Crippen LogP contribution in [0.1, 0.15) is 52.9 Å². The number of nitrogens with two attached hydrogens (primary N) is 1. The number of hydrogen-bond donors (Lipinski definition) is 6. The summed E-state index contributed by atoms with van der Waals surface area (Å²) in [5.41, 5.74) is 5.04. The van der Waals surface area contributed by atoms with Gasteiger partial charge in [0.05, 0.1) is 6.04 Å². The second-order valence-corrected chi connectivity index (χ2v) is 7.66. The number of carboxylic acid groups (broad SMARTS) is 1. The predicted octanol–water partition coefficient (Wildman–Crippen LogP) is -1.39. The third-order valence-electron chi connectivity index (χ3n) is 5.22. The molecule has 1 fully saturated rings. The number of carboxylic acids is 1. The lowest BCUT2D eigenvalue weighted by Crippen LogP contribution is -2.58. The summed E-state index contributed by atoms with van der Waals surface area (Å²) < 4.78 is 0. The zero-order chi connectivity index (χ0) is 22.8. The molecule has 1 aliphatic heterocycles.